The van der Waals surface area contributed by atoms with Crippen molar-refractivity contribution in [1.29, 1.82) is 0 Å². The van der Waals surface area contributed by atoms with E-state index in [0.29, 0.717) is 6.04 Å². The van der Waals surface area contributed by atoms with E-state index >= 15 is 0 Å². The molecule has 118 valence electrons. The van der Waals surface area contributed by atoms with Gasteiger partial charge in [-0.05, 0) is 42.9 Å². The Morgan fingerprint density at radius 2 is 2.05 bits per heavy atom. The molecule has 1 aliphatic heterocycles. The van der Waals surface area contributed by atoms with Crippen molar-refractivity contribution < 1.29 is 0 Å². The normalized spacial score (nSPS) is 23.3. The molecule has 2 atom stereocenters. The van der Waals surface area contributed by atoms with Crippen LogP contribution in [0.4, 0.5) is 0 Å². The van der Waals surface area contributed by atoms with Gasteiger partial charge >= 0.3 is 0 Å². The van der Waals surface area contributed by atoms with Crippen LogP contribution in [0.3, 0.4) is 0 Å². The molecule has 0 bridgehead atoms. The topological polar surface area (TPSA) is 15.3 Å². The van der Waals surface area contributed by atoms with Crippen LogP contribution in [0.15, 0.2) is 30.3 Å². The zero-order valence-electron chi connectivity index (χ0n) is 13.6. The Morgan fingerprint density at radius 1 is 1.24 bits per heavy atom. The Kier molecular flexibility index (Phi) is 7.62. The third kappa shape index (κ3) is 5.65. The number of thioether (sulfide) groups is 1. The molecule has 0 spiro atoms. The molecule has 1 saturated heterocycles. The van der Waals surface area contributed by atoms with Gasteiger partial charge in [0, 0.05) is 25.2 Å². The van der Waals surface area contributed by atoms with Crippen LogP contribution in [0.5, 0.6) is 0 Å². The summed E-state index contributed by atoms with van der Waals surface area (Å²) in [5.74, 6) is 2.55. The summed E-state index contributed by atoms with van der Waals surface area (Å²) < 4.78 is 0. The van der Waals surface area contributed by atoms with Crippen LogP contribution >= 0.6 is 11.8 Å². The van der Waals surface area contributed by atoms with Crippen molar-refractivity contribution in [1.82, 2.24) is 10.2 Å². The maximum Gasteiger partial charge on any atom is 0.0236 e. The van der Waals surface area contributed by atoms with Crippen LogP contribution < -0.4 is 5.32 Å². The first-order valence-electron chi connectivity index (χ1n) is 8.42. The highest BCUT2D eigenvalue weighted by Gasteiger charge is 2.26. The van der Waals surface area contributed by atoms with E-state index in [1.165, 1.54) is 43.0 Å². The highest BCUT2D eigenvalue weighted by Crippen LogP contribution is 2.15. The number of hydrogen-bond acceptors (Lipinski definition) is 3. The molecule has 0 amide bonds. The van der Waals surface area contributed by atoms with Crippen molar-refractivity contribution >= 4 is 11.8 Å². The Hall–Kier alpha value is -0.510. The molecule has 21 heavy (non-hydrogen) atoms. The number of hydrogen-bond donors (Lipinski definition) is 1. The summed E-state index contributed by atoms with van der Waals surface area (Å²) in [6, 6.07) is 12.2. The molecule has 2 rings (SSSR count). The lowest BCUT2D eigenvalue weighted by Gasteiger charge is -2.40. The highest BCUT2D eigenvalue weighted by molar-refractivity contribution is 7.99. The lowest BCUT2D eigenvalue weighted by molar-refractivity contribution is 0.127. The molecule has 1 fully saturated rings. The first-order valence-corrected chi connectivity index (χ1v) is 9.58. The van der Waals surface area contributed by atoms with Gasteiger partial charge in [0.25, 0.3) is 0 Å². The predicted octanol–water partition coefficient (Wildman–Crippen LogP) is 3.42. The quantitative estimate of drug-likeness (QED) is 0.741. The molecular formula is C18H30N2S. The Labute approximate surface area is 134 Å². The molecular weight excluding hydrogens is 276 g/mol. The summed E-state index contributed by atoms with van der Waals surface area (Å²) in [7, 11) is 0. The number of nitrogens with one attached hydrogen (secondary N) is 1. The van der Waals surface area contributed by atoms with Gasteiger partial charge in [-0.2, -0.15) is 11.8 Å². The van der Waals surface area contributed by atoms with E-state index < -0.39 is 0 Å². The van der Waals surface area contributed by atoms with E-state index in [0.717, 1.165) is 19.0 Å². The molecule has 1 N–H and O–H groups in total. The van der Waals surface area contributed by atoms with Crippen molar-refractivity contribution in [2.24, 2.45) is 0 Å². The van der Waals surface area contributed by atoms with Crippen LogP contribution in [-0.4, -0.2) is 48.1 Å². The van der Waals surface area contributed by atoms with E-state index in [2.05, 4.69) is 66.2 Å². The fourth-order valence-corrected chi connectivity index (χ4v) is 3.78. The minimum absolute atomic E-state index is 0.606. The highest BCUT2D eigenvalue weighted by atomic mass is 32.2. The van der Waals surface area contributed by atoms with Gasteiger partial charge < -0.3 is 5.32 Å². The monoisotopic (exact) mass is 306 g/mol. The molecule has 0 radical (unpaired) electrons. The Balaban J connectivity index is 1.82. The summed E-state index contributed by atoms with van der Waals surface area (Å²) in [4.78, 5) is 2.72. The number of piperazine rings is 1. The average molecular weight is 307 g/mol. The molecule has 1 aliphatic rings. The van der Waals surface area contributed by atoms with E-state index in [4.69, 9.17) is 0 Å². The molecule has 1 aromatic carbocycles. The SMILES string of the molecule is CCSCCCN1CC(Cc2ccccc2)NCC1CC. The Morgan fingerprint density at radius 3 is 2.76 bits per heavy atom. The fourth-order valence-electron chi connectivity index (χ4n) is 3.15. The van der Waals surface area contributed by atoms with E-state index in [9.17, 15) is 0 Å². The van der Waals surface area contributed by atoms with Crippen LogP contribution in [0.1, 0.15) is 32.3 Å². The first kappa shape index (κ1) is 16.9. The third-order valence-corrected chi connectivity index (χ3v) is 5.33. The van der Waals surface area contributed by atoms with Crippen molar-refractivity contribution in [3.63, 3.8) is 0 Å². The summed E-state index contributed by atoms with van der Waals surface area (Å²) in [6.07, 6.45) is 3.73. The maximum absolute atomic E-state index is 3.75. The van der Waals surface area contributed by atoms with Crippen LogP contribution in [-0.2, 0) is 6.42 Å². The lowest BCUT2D eigenvalue weighted by atomic mass is 10.0. The van der Waals surface area contributed by atoms with Gasteiger partial charge in [0.1, 0.15) is 0 Å². The molecule has 0 aromatic heterocycles. The lowest BCUT2D eigenvalue weighted by Crippen LogP contribution is -2.57. The van der Waals surface area contributed by atoms with Crippen molar-refractivity contribution in [3.05, 3.63) is 35.9 Å². The van der Waals surface area contributed by atoms with E-state index in [-0.39, 0.29) is 0 Å². The zero-order chi connectivity index (χ0) is 14.9. The third-order valence-electron chi connectivity index (χ3n) is 4.35. The minimum atomic E-state index is 0.606. The number of rotatable bonds is 8. The second-order valence-corrected chi connectivity index (χ2v) is 7.30. The maximum atomic E-state index is 3.75. The molecule has 0 aliphatic carbocycles. The number of benzene rings is 1. The summed E-state index contributed by atoms with van der Waals surface area (Å²) in [5.41, 5.74) is 1.45. The zero-order valence-corrected chi connectivity index (χ0v) is 14.4. The average Bonchev–Trinajstić information content (AvgIpc) is 2.53. The second kappa shape index (κ2) is 9.50. The summed E-state index contributed by atoms with van der Waals surface area (Å²) >= 11 is 2.07. The summed E-state index contributed by atoms with van der Waals surface area (Å²) in [5, 5.41) is 3.75. The van der Waals surface area contributed by atoms with Crippen LogP contribution in [0.25, 0.3) is 0 Å². The standard InChI is InChI=1S/C18H30N2S/c1-3-18-14-19-17(13-16-9-6-5-7-10-16)15-20(18)11-8-12-21-4-2/h5-7,9-10,17-19H,3-4,8,11-15H2,1-2H3. The molecule has 1 heterocycles. The largest absolute Gasteiger partial charge is 0.311 e. The molecule has 1 aromatic rings. The molecule has 2 nitrogen and oxygen atoms in total. The van der Waals surface area contributed by atoms with Gasteiger partial charge in [-0.3, -0.25) is 4.90 Å². The van der Waals surface area contributed by atoms with Gasteiger partial charge in [0.2, 0.25) is 0 Å². The number of nitrogens with zero attached hydrogens (tertiary/aromatic N) is 1. The molecule has 2 unspecified atom stereocenters. The molecule has 3 heteroatoms. The van der Waals surface area contributed by atoms with Crippen molar-refractivity contribution in [2.45, 2.75) is 45.2 Å². The first-order chi connectivity index (χ1) is 10.3. The van der Waals surface area contributed by atoms with Crippen molar-refractivity contribution in [3.8, 4) is 0 Å². The molecule has 0 saturated carbocycles. The fraction of sp³-hybridized carbons (Fsp3) is 0.667. The van der Waals surface area contributed by atoms with Gasteiger partial charge in [0.05, 0.1) is 0 Å². The van der Waals surface area contributed by atoms with Crippen LogP contribution in [0.2, 0.25) is 0 Å². The summed E-state index contributed by atoms with van der Waals surface area (Å²) in [6.45, 7) is 8.18. The van der Waals surface area contributed by atoms with E-state index in [1.807, 2.05) is 0 Å². The van der Waals surface area contributed by atoms with Crippen LogP contribution in [0, 0.1) is 0 Å². The van der Waals surface area contributed by atoms with Gasteiger partial charge in [-0.1, -0.05) is 44.2 Å². The van der Waals surface area contributed by atoms with Gasteiger partial charge in [0.15, 0.2) is 0 Å². The van der Waals surface area contributed by atoms with Gasteiger partial charge in [-0.25, -0.2) is 0 Å². The minimum Gasteiger partial charge on any atom is -0.311 e. The second-order valence-electron chi connectivity index (χ2n) is 5.90. The Bertz CT molecular complexity index is 382. The van der Waals surface area contributed by atoms with E-state index in [1.54, 1.807) is 0 Å². The van der Waals surface area contributed by atoms with Gasteiger partial charge in [-0.15, -0.1) is 0 Å². The van der Waals surface area contributed by atoms with Crippen molar-refractivity contribution in [2.75, 3.05) is 31.1 Å². The predicted molar refractivity (Wildman–Crippen MR) is 95.2 cm³/mol. The smallest absolute Gasteiger partial charge is 0.0236 e.